The minimum absolute atomic E-state index is 0.0625. The van der Waals surface area contributed by atoms with Gasteiger partial charge in [-0.1, -0.05) is 56.3 Å². The molecule has 16 heavy (non-hydrogen) atoms. The molecular formula is C15H16S. The third-order valence-corrected chi connectivity index (χ3v) is 3.58. The van der Waals surface area contributed by atoms with E-state index in [0.717, 1.165) is 0 Å². The minimum atomic E-state index is 0.0625. The van der Waals surface area contributed by atoms with Crippen LogP contribution in [-0.4, -0.2) is 10.7 Å². The SMILES string of the molecule is CC(C)(C1=CC=S=CC=C1)c1ccccc1. The maximum absolute atomic E-state index is 2.27. The summed E-state index contributed by atoms with van der Waals surface area (Å²) in [5.41, 5.74) is 2.76. The number of allylic oxidation sites excluding steroid dienone is 4. The summed E-state index contributed by atoms with van der Waals surface area (Å²) < 4.78 is 0. The topological polar surface area (TPSA) is 0 Å². The largest absolute Gasteiger partial charge is 0.152 e. The van der Waals surface area contributed by atoms with Crippen molar-refractivity contribution in [1.82, 2.24) is 0 Å². The maximum Gasteiger partial charge on any atom is 0.0146 e. The quantitative estimate of drug-likeness (QED) is 0.675. The van der Waals surface area contributed by atoms with Crippen molar-refractivity contribution in [2.75, 3.05) is 0 Å². The van der Waals surface area contributed by atoms with Crippen LogP contribution in [0.15, 0.2) is 54.1 Å². The molecule has 1 aliphatic heterocycles. The summed E-state index contributed by atoms with van der Waals surface area (Å²) in [6, 6.07) is 10.6. The van der Waals surface area contributed by atoms with Crippen LogP contribution in [0.3, 0.4) is 0 Å². The molecule has 0 aromatic heterocycles. The summed E-state index contributed by atoms with van der Waals surface area (Å²) in [5.74, 6) is 0. The fourth-order valence-electron chi connectivity index (χ4n) is 1.84. The van der Waals surface area contributed by atoms with Gasteiger partial charge in [0, 0.05) is 5.41 Å². The first-order valence-electron chi connectivity index (χ1n) is 5.46. The van der Waals surface area contributed by atoms with Crippen LogP contribution in [0.25, 0.3) is 0 Å². The van der Waals surface area contributed by atoms with Crippen LogP contribution in [0, 0.1) is 0 Å². The highest BCUT2D eigenvalue weighted by molar-refractivity contribution is 7.96. The van der Waals surface area contributed by atoms with Crippen molar-refractivity contribution in [3.63, 3.8) is 0 Å². The van der Waals surface area contributed by atoms with Gasteiger partial charge in [-0.15, -0.1) is 0 Å². The number of rotatable bonds is 2. The van der Waals surface area contributed by atoms with Gasteiger partial charge in [0.05, 0.1) is 0 Å². The molecule has 0 nitrogen and oxygen atoms in total. The minimum Gasteiger partial charge on any atom is -0.152 e. The molecule has 2 rings (SSSR count). The Labute approximate surface area is 101 Å². The molecule has 0 amide bonds. The van der Waals surface area contributed by atoms with E-state index in [1.165, 1.54) is 11.1 Å². The van der Waals surface area contributed by atoms with Crippen molar-refractivity contribution >= 4 is 21.7 Å². The van der Waals surface area contributed by atoms with E-state index in [4.69, 9.17) is 0 Å². The third-order valence-electron chi connectivity index (χ3n) is 2.98. The number of hydrogen-bond acceptors (Lipinski definition) is 0. The molecular weight excluding hydrogens is 212 g/mol. The van der Waals surface area contributed by atoms with E-state index >= 15 is 0 Å². The lowest BCUT2D eigenvalue weighted by Crippen LogP contribution is -2.19. The monoisotopic (exact) mass is 228 g/mol. The van der Waals surface area contributed by atoms with E-state index in [9.17, 15) is 0 Å². The second-order valence-electron chi connectivity index (χ2n) is 4.38. The van der Waals surface area contributed by atoms with Crippen LogP contribution >= 0.6 is 10.9 Å². The maximum atomic E-state index is 2.27. The van der Waals surface area contributed by atoms with Gasteiger partial charge in [-0.25, -0.2) is 0 Å². The van der Waals surface area contributed by atoms with Crippen LogP contribution in [0.5, 0.6) is 0 Å². The molecule has 0 fully saturated rings. The highest BCUT2D eigenvalue weighted by Gasteiger charge is 2.23. The predicted octanol–water partition coefficient (Wildman–Crippen LogP) is 3.80. The van der Waals surface area contributed by atoms with Crippen LogP contribution < -0.4 is 0 Å². The van der Waals surface area contributed by atoms with Crippen molar-refractivity contribution in [2.24, 2.45) is 0 Å². The molecule has 0 atom stereocenters. The molecule has 1 aliphatic rings. The molecule has 1 aromatic rings. The van der Waals surface area contributed by atoms with Crippen LogP contribution in [-0.2, 0) is 5.41 Å². The third kappa shape index (κ3) is 2.25. The average Bonchev–Trinajstić information content (AvgIpc) is 2.59. The molecule has 0 spiro atoms. The summed E-state index contributed by atoms with van der Waals surface area (Å²) in [5, 5.41) is 4.24. The Bertz CT molecular complexity index is 483. The Balaban J connectivity index is 2.40. The van der Waals surface area contributed by atoms with Gasteiger partial charge >= 0.3 is 0 Å². The Morgan fingerprint density at radius 1 is 1.00 bits per heavy atom. The summed E-state index contributed by atoms with van der Waals surface area (Å²) in [6.07, 6.45) is 6.52. The average molecular weight is 228 g/mol. The molecule has 0 N–H and O–H groups in total. The fourth-order valence-corrected chi connectivity index (χ4v) is 2.33. The first-order valence-corrected chi connectivity index (χ1v) is 6.40. The van der Waals surface area contributed by atoms with Gasteiger partial charge in [0.25, 0.3) is 0 Å². The summed E-state index contributed by atoms with van der Waals surface area (Å²) in [6.45, 7) is 4.53. The Hall–Kier alpha value is -1.34. The Morgan fingerprint density at radius 3 is 2.50 bits per heavy atom. The van der Waals surface area contributed by atoms with Crippen molar-refractivity contribution < 1.29 is 0 Å². The lowest BCUT2D eigenvalue weighted by atomic mass is 9.77. The molecule has 0 saturated carbocycles. The molecule has 0 radical (unpaired) electrons. The van der Waals surface area contributed by atoms with Gasteiger partial charge in [0.2, 0.25) is 0 Å². The van der Waals surface area contributed by atoms with E-state index in [1.807, 2.05) is 0 Å². The van der Waals surface area contributed by atoms with Gasteiger partial charge in [0.1, 0.15) is 0 Å². The second-order valence-corrected chi connectivity index (χ2v) is 5.20. The standard InChI is InChI=1S/C15H16S/c1-15(2,13-7-4-3-5-8-13)14-9-6-11-16-12-10-14/h3-12H,1-2H3. The zero-order valence-corrected chi connectivity index (χ0v) is 10.5. The van der Waals surface area contributed by atoms with E-state index in [2.05, 4.69) is 73.1 Å². The molecule has 1 aromatic carbocycles. The van der Waals surface area contributed by atoms with Crippen LogP contribution in [0.2, 0.25) is 0 Å². The summed E-state index contributed by atoms with van der Waals surface area (Å²) >= 11 is 0. The summed E-state index contributed by atoms with van der Waals surface area (Å²) in [4.78, 5) is 0. The summed E-state index contributed by atoms with van der Waals surface area (Å²) in [7, 11) is 1.72. The van der Waals surface area contributed by atoms with Gasteiger partial charge in [-0.05, 0) is 27.9 Å². The fraction of sp³-hybridized carbons (Fsp3) is 0.200. The van der Waals surface area contributed by atoms with Crippen molar-refractivity contribution in [3.05, 3.63) is 59.7 Å². The zero-order chi connectivity index (χ0) is 11.4. The molecule has 1 heterocycles. The first-order chi connectivity index (χ1) is 7.71. The van der Waals surface area contributed by atoms with Gasteiger partial charge < -0.3 is 0 Å². The molecule has 0 bridgehead atoms. The predicted molar refractivity (Wildman–Crippen MR) is 76.4 cm³/mol. The number of benzene rings is 1. The van der Waals surface area contributed by atoms with Gasteiger partial charge in [-0.3, -0.25) is 0 Å². The van der Waals surface area contributed by atoms with Crippen molar-refractivity contribution in [1.29, 1.82) is 0 Å². The molecule has 0 aliphatic carbocycles. The van der Waals surface area contributed by atoms with E-state index in [0.29, 0.717) is 0 Å². The molecule has 82 valence electrons. The highest BCUT2D eigenvalue weighted by atomic mass is 32.1. The van der Waals surface area contributed by atoms with E-state index in [1.54, 1.807) is 10.9 Å². The Morgan fingerprint density at radius 2 is 1.75 bits per heavy atom. The van der Waals surface area contributed by atoms with E-state index in [-0.39, 0.29) is 5.41 Å². The van der Waals surface area contributed by atoms with Gasteiger partial charge in [-0.2, -0.15) is 10.9 Å². The smallest absolute Gasteiger partial charge is 0.0146 e. The van der Waals surface area contributed by atoms with Crippen molar-refractivity contribution in [2.45, 2.75) is 19.3 Å². The highest BCUT2D eigenvalue weighted by Crippen LogP contribution is 2.32. The van der Waals surface area contributed by atoms with E-state index < -0.39 is 0 Å². The van der Waals surface area contributed by atoms with Crippen molar-refractivity contribution in [3.8, 4) is 0 Å². The Kier molecular flexibility index (Phi) is 3.25. The first kappa shape index (κ1) is 11.2. The molecule has 0 unspecified atom stereocenters. The molecule has 0 saturated heterocycles. The zero-order valence-electron chi connectivity index (χ0n) is 9.68. The van der Waals surface area contributed by atoms with Gasteiger partial charge in [0.15, 0.2) is 0 Å². The normalized spacial score (nSPS) is 15.2. The van der Waals surface area contributed by atoms with Crippen LogP contribution in [0.1, 0.15) is 19.4 Å². The lowest BCUT2D eigenvalue weighted by molar-refractivity contribution is 0.640. The lowest BCUT2D eigenvalue weighted by Gasteiger charge is -2.26. The number of hydrogen-bond donors (Lipinski definition) is 0. The van der Waals surface area contributed by atoms with Crippen LogP contribution in [0.4, 0.5) is 0 Å². The molecule has 1 heteroatoms. The second kappa shape index (κ2) is 4.67.